The predicted molar refractivity (Wildman–Crippen MR) is 126 cm³/mol. The monoisotopic (exact) mass is 456 g/mol. The second-order valence-electron chi connectivity index (χ2n) is 8.23. The molecule has 1 amide bonds. The Balaban J connectivity index is 1.59. The van der Waals surface area contributed by atoms with Crippen molar-refractivity contribution in [1.29, 1.82) is 0 Å². The highest BCUT2D eigenvalue weighted by atomic mass is 16.5. The van der Waals surface area contributed by atoms with Crippen LogP contribution >= 0.6 is 0 Å². The maximum absolute atomic E-state index is 12.7. The number of aromatic hydroxyl groups is 1. The zero-order valence-corrected chi connectivity index (χ0v) is 19.1. The summed E-state index contributed by atoms with van der Waals surface area (Å²) < 4.78 is 7.08. The van der Waals surface area contributed by atoms with Crippen LogP contribution in [-0.2, 0) is 4.79 Å². The molecule has 0 fully saturated rings. The van der Waals surface area contributed by atoms with Crippen molar-refractivity contribution >= 4 is 11.7 Å². The van der Waals surface area contributed by atoms with E-state index in [-0.39, 0.29) is 29.9 Å². The van der Waals surface area contributed by atoms with Crippen LogP contribution in [0.3, 0.4) is 0 Å². The molecule has 4 aromatic rings. The minimum absolute atomic E-state index is 0.0610. The number of phenolic OH excluding ortho intramolecular Hbond substituents is 1. The third-order valence-corrected chi connectivity index (χ3v) is 5.87. The van der Waals surface area contributed by atoms with Crippen molar-refractivity contribution in [2.75, 3.05) is 11.9 Å². The quantitative estimate of drug-likeness (QED) is 0.468. The van der Waals surface area contributed by atoms with Crippen LogP contribution in [0, 0.1) is 13.8 Å². The summed E-state index contributed by atoms with van der Waals surface area (Å²) in [6.45, 7) is 6.19. The standard InChI is InChI=1S/C25H24N6O3/c1-4-34-21-11-17(9-10-20(21)32)18-12-22(33)28-24-23(18)15(3)30-31(24)25-27-19(13-26-29-25)16-7-5-14(2)6-8-16/h5-11,13,18,32H,4,12H2,1-3H3,(H,28,33)/t18-/m1/s1. The highest BCUT2D eigenvalue weighted by molar-refractivity contribution is 5.95. The average molecular weight is 457 g/mol. The summed E-state index contributed by atoms with van der Waals surface area (Å²) in [6.07, 6.45) is 1.85. The highest BCUT2D eigenvalue weighted by Gasteiger charge is 2.33. The summed E-state index contributed by atoms with van der Waals surface area (Å²) in [5, 5.41) is 26.0. The van der Waals surface area contributed by atoms with Crippen LogP contribution in [0.4, 0.5) is 5.82 Å². The van der Waals surface area contributed by atoms with E-state index in [4.69, 9.17) is 4.74 Å². The first kappa shape index (κ1) is 21.6. The average Bonchev–Trinajstić information content (AvgIpc) is 3.17. The molecule has 2 aromatic carbocycles. The number of carbonyl (C=O) groups excluding carboxylic acids is 1. The second-order valence-corrected chi connectivity index (χ2v) is 8.23. The maximum Gasteiger partial charge on any atom is 0.272 e. The van der Waals surface area contributed by atoms with Crippen molar-refractivity contribution in [1.82, 2.24) is 25.0 Å². The number of carbonyl (C=O) groups is 1. The Morgan fingerprint density at radius 3 is 2.74 bits per heavy atom. The Hall–Kier alpha value is -4.27. The van der Waals surface area contributed by atoms with Gasteiger partial charge >= 0.3 is 0 Å². The molecule has 0 unspecified atom stereocenters. The van der Waals surface area contributed by atoms with Crippen LogP contribution in [0.15, 0.2) is 48.7 Å². The number of nitrogens with one attached hydrogen (secondary N) is 1. The molecular formula is C25H24N6O3. The van der Waals surface area contributed by atoms with E-state index in [2.05, 4.69) is 25.6 Å². The minimum atomic E-state index is -0.259. The van der Waals surface area contributed by atoms with E-state index in [9.17, 15) is 9.90 Å². The number of aryl methyl sites for hydroxylation is 2. The summed E-state index contributed by atoms with van der Waals surface area (Å²) in [4.78, 5) is 17.4. The molecule has 2 N–H and O–H groups in total. The summed E-state index contributed by atoms with van der Waals surface area (Å²) >= 11 is 0. The molecule has 0 bridgehead atoms. The Kier molecular flexibility index (Phi) is 5.45. The summed E-state index contributed by atoms with van der Waals surface area (Å²) in [5.74, 6) is 0.830. The van der Waals surface area contributed by atoms with E-state index < -0.39 is 0 Å². The van der Waals surface area contributed by atoms with Gasteiger partial charge in [0.1, 0.15) is 5.82 Å². The molecule has 1 atom stereocenters. The van der Waals surface area contributed by atoms with Gasteiger partial charge < -0.3 is 15.2 Å². The van der Waals surface area contributed by atoms with Crippen molar-refractivity contribution in [3.63, 3.8) is 0 Å². The van der Waals surface area contributed by atoms with Gasteiger partial charge in [0.05, 0.1) is 24.2 Å². The summed E-state index contributed by atoms with van der Waals surface area (Å²) in [6, 6.07) is 13.1. The van der Waals surface area contributed by atoms with E-state index in [0.717, 1.165) is 27.9 Å². The molecule has 9 heteroatoms. The van der Waals surface area contributed by atoms with Gasteiger partial charge in [0.2, 0.25) is 5.91 Å². The molecule has 5 rings (SSSR count). The molecule has 172 valence electrons. The van der Waals surface area contributed by atoms with Crippen molar-refractivity contribution in [3.05, 3.63) is 71.0 Å². The number of fused-ring (bicyclic) bond motifs is 1. The lowest BCUT2D eigenvalue weighted by atomic mass is 9.85. The van der Waals surface area contributed by atoms with Crippen LogP contribution in [-0.4, -0.2) is 42.6 Å². The summed E-state index contributed by atoms with van der Waals surface area (Å²) in [5.41, 5.74) is 5.19. The first-order chi connectivity index (χ1) is 16.4. The number of aromatic nitrogens is 5. The molecule has 1 aliphatic rings. The van der Waals surface area contributed by atoms with Crippen LogP contribution in [0.2, 0.25) is 0 Å². The van der Waals surface area contributed by atoms with Gasteiger partial charge in [-0.25, -0.2) is 4.98 Å². The number of hydrogen-bond acceptors (Lipinski definition) is 7. The molecule has 34 heavy (non-hydrogen) atoms. The van der Waals surface area contributed by atoms with Crippen LogP contribution < -0.4 is 10.1 Å². The number of amides is 1. The number of ether oxygens (including phenoxy) is 1. The smallest absolute Gasteiger partial charge is 0.272 e. The zero-order valence-electron chi connectivity index (χ0n) is 19.1. The number of anilines is 1. The minimum Gasteiger partial charge on any atom is -0.504 e. The maximum atomic E-state index is 12.7. The lowest BCUT2D eigenvalue weighted by Crippen LogP contribution is -2.25. The van der Waals surface area contributed by atoms with Gasteiger partial charge in [-0.2, -0.15) is 14.9 Å². The Bertz CT molecular complexity index is 1380. The number of phenols is 1. The van der Waals surface area contributed by atoms with Crippen LogP contribution in [0.1, 0.15) is 41.6 Å². The third-order valence-electron chi connectivity index (χ3n) is 5.87. The van der Waals surface area contributed by atoms with E-state index >= 15 is 0 Å². The first-order valence-electron chi connectivity index (χ1n) is 11.1. The second kappa shape index (κ2) is 8.58. The molecule has 9 nitrogen and oxygen atoms in total. The van der Waals surface area contributed by atoms with Crippen LogP contribution in [0.5, 0.6) is 11.5 Å². The van der Waals surface area contributed by atoms with Gasteiger partial charge in [0, 0.05) is 23.5 Å². The normalized spacial score (nSPS) is 15.0. The molecule has 0 aliphatic carbocycles. The molecule has 1 aliphatic heterocycles. The van der Waals surface area contributed by atoms with Gasteiger partial charge in [0.25, 0.3) is 5.95 Å². The van der Waals surface area contributed by atoms with Gasteiger partial charge in [-0.15, -0.1) is 5.10 Å². The number of benzene rings is 2. The lowest BCUT2D eigenvalue weighted by molar-refractivity contribution is -0.116. The number of hydrogen-bond donors (Lipinski definition) is 2. The van der Waals surface area contributed by atoms with Crippen LogP contribution in [0.25, 0.3) is 17.2 Å². The van der Waals surface area contributed by atoms with E-state index in [1.54, 1.807) is 24.4 Å². The molecule has 3 heterocycles. The van der Waals surface area contributed by atoms with Gasteiger partial charge in [-0.3, -0.25) is 4.79 Å². The topological polar surface area (TPSA) is 115 Å². The van der Waals surface area contributed by atoms with Crippen molar-refractivity contribution in [3.8, 4) is 28.7 Å². The molecule has 2 aromatic heterocycles. The number of rotatable bonds is 5. The molecule has 0 spiro atoms. The van der Waals surface area contributed by atoms with Gasteiger partial charge in [-0.1, -0.05) is 35.9 Å². The van der Waals surface area contributed by atoms with Crippen molar-refractivity contribution < 1.29 is 14.6 Å². The highest BCUT2D eigenvalue weighted by Crippen LogP contribution is 2.42. The number of nitrogens with zero attached hydrogens (tertiary/aromatic N) is 5. The lowest BCUT2D eigenvalue weighted by Gasteiger charge is -2.24. The fourth-order valence-corrected chi connectivity index (χ4v) is 4.24. The zero-order chi connectivity index (χ0) is 23.8. The first-order valence-corrected chi connectivity index (χ1v) is 11.1. The van der Waals surface area contributed by atoms with Gasteiger partial charge in [0.15, 0.2) is 11.5 Å². The largest absolute Gasteiger partial charge is 0.504 e. The fourth-order valence-electron chi connectivity index (χ4n) is 4.24. The Labute approximate surface area is 196 Å². The third kappa shape index (κ3) is 3.85. The molecular weight excluding hydrogens is 432 g/mol. The SMILES string of the molecule is CCOc1cc([C@H]2CC(=O)Nc3c2c(C)nn3-c2nncc(-c3ccc(C)cc3)n2)ccc1O. The van der Waals surface area contributed by atoms with E-state index in [1.807, 2.05) is 45.0 Å². The fraction of sp³-hybridized carbons (Fsp3) is 0.240. The Morgan fingerprint density at radius 2 is 1.97 bits per heavy atom. The molecule has 0 saturated carbocycles. The summed E-state index contributed by atoms with van der Waals surface area (Å²) in [7, 11) is 0. The molecule has 0 saturated heterocycles. The van der Waals surface area contributed by atoms with Gasteiger partial charge in [-0.05, 0) is 38.5 Å². The Morgan fingerprint density at radius 1 is 1.18 bits per heavy atom. The van der Waals surface area contributed by atoms with E-state index in [0.29, 0.717) is 23.9 Å². The predicted octanol–water partition coefficient (Wildman–Crippen LogP) is 3.92. The molecule has 0 radical (unpaired) electrons. The van der Waals surface area contributed by atoms with E-state index in [1.165, 1.54) is 4.68 Å². The van der Waals surface area contributed by atoms with Crippen molar-refractivity contribution in [2.24, 2.45) is 0 Å². The van der Waals surface area contributed by atoms with Crippen molar-refractivity contribution in [2.45, 2.75) is 33.1 Å².